The molecule has 102 valence electrons. The monoisotopic (exact) mass is 259 g/mol. The van der Waals surface area contributed by atoms with Gasteiger partial charge in [0.2, 0.25) is 0 Å². The Bertz CT molecular complexity index is 542. The fourth-order valence-corrected chi connectivity index (χ4v) is 2.10. The van der Waals surface area contributed by atoms with Gasteiger partial charge in [-0.25, -0.2) is 4.98 Å². The van der Waals surface area contributed by atoms with E-state index in [2.05, 4.69) is 16.0 Å². The lowest BCUT2D eigenvalue weighted by molar-refractivity contribution is 0.283. The topological polar surface area (TPSA) is 62.4 Å². The van der Waals surface area contributed by atoms with Crippen molar-refractivity contribution in [2.75, 3.05) is 30.8 Å². The van der Waals surface area contributed by atoms with Crippen molar-refractivity contribution in [2.24, 2.45) is 0 Å². The Hall–Kier alpha value is -1.81. The number of aliphatic hydroxyl groups excluding tert-OH is 1. The number of hydrogen-bond acceptors (Lipinski definition) is 4. The largest absolute Gasteiger partial charge is 0.399 e. The normalized spacial score (nSPS) is 10.8. The van der Waals surface area contributed by atoms with Crippen molar-refractivity contribution in [1.82, 2.24) is 4.98 Å². The molecule has 0 saturated heterocycles. The first-order valence-electron chi connectivity index (χ1n) is 6.69. The lowest BCUT2D eigenvalue weighted by atomic mass is 10.2. The predicted molar refractivity (Wildman–Crippen MR) is 80.4 cm³/mol. The highest BCUT2D eigenvalue weighted by Crippen LogP contribution is 2.19. The van der Waals surface area contributed by atoms with E-state index in [0.29, 0.717) is 0 Å². The molecule has 0 aliphatic carbocycles. The van der Waals surface area contributed by atoms with Gasteiger partial charge in [0, 0.05) is 31.3 Å². The van der Waals surface area contributed by atoms with Gasteiger partial charge >= 0.3 is 0 Å². The molecule has 0 amide bonds. The van der Waals surface area contributed by atoms with E-state index in [1.54, 1.807) is 0 Å². The highest BCUT2D eigenvalue weighted by Gasteiger charge is 2.04. The average Bonchev–Trinajstić information content (AvgIpc) is 2.42. The highest BCUT2D eigenvalue weighted by molar-refractivity contribution is 5.83. The Morgan fingerprint density at radius 3 is 2.79 bits per heavy atom. The second-order valence-corrected chi connectivity index (χ2v) is 4.83. The summed E-state index contributed by atoms with van der Waals surface area (Å²) in [5, 5.41) is 9.82. The molecule has 1 heterocycles. The average molecular weight is 259 g/mol. The molecule has 0 unspecified atom stereocenters. The quantitative estimate of drug-likeness (QED) is 0.618. The summed E-state index contributed by atoms with van der Waals surface area (Å²) in [6.45, 7) is 1.23. The van der Waals surface area contributed by atoms with Gasteiger partial charge in [0.15, 0.2) is 0 Å². The molecule has 3 N–H and O–H groups in total. The van der Waals surface area contributed by atoms with Crippen LogP contribution in [0.15, 0.2) is 30.3 Å². The minimum absolute atomic E-state index is 0.277. The Labute approximate surface area is 113 Å². The van der Waals surface area contributed by atoms with E-state index in [0.717, 1.165) is 48.2 Å². The van der Waals surface area contributed by atoms with Crippen molar-refractivity contribution >= 4 is 22.4 Å². The van der Waals surface area contributed by atoms with Crippen LogP contribution in [-0.4, -0.2) is 30.3 Å². The van der Waals surface area contributed by atoms with Crippen molar-refractivity contribution in [2.45, 2.75) is 19.3 Å². The maximum atomic E-state index is 8.75. The second-order valence-electron chi connectivity index (χ2n) is 4.83. The summed E-state index contributed by atoms with van der Waals surface area (Å²) in [5.41, 5.74) is 7.49. The van der Waals surface area contributed by atoms with Crippen LogP contribution in [0.4, 0.5) is 11.5 Å². The lowest BCUT2D eigenvalue weighted by Gasteiger charge is -2.18. The van der Waals surface area contributed by atoms with Crippen LogP contribution in [0.25, 0.3) is 10.9 Å². The van der Waals surface area contributed by atoms with Crippen LogP contribution in [0.1, 0.15) is 19.3 Å². The van der Waals surface area contributed by atoms with Crippen LogP contribution < -0.4 is 10.6 Å². The van der Waals surface area contributed by atoms with Crippen LogP contribution in [0.2, 0.25) is 0 Å². The molecule has 0 atom stereocenters. The van der Waals surface area contributed by atoms with Crippen LogP contribution in [-0.2, 0) is 0 Å². The molecule has 19 heavy (non-hydrogen) atoms. The molecule has 0 radical (unpaired) electrons. The number of rotatable bonds is 6. The smallest absolute Gasteiger partial charge is 0.128 e. The van der Waals surface area contributed by atoms with Gasteiger partial charge in [0.25, 0.3) is 0 Å². The van der Waals surface area contributed by atoms with Gasteiger partial charge in [0.1, 0.15) is 5.82 Å². The van der Waals surface area contributed by atoms with Gasteiger partial charge in [-0.15, -0.1) is 0 Å². The molecule has 0 fully saturated rings. The van der Waals surface area contributed by atoms with Crippen molar-refractivity contribution in [3.63, 3.8) is 0 Å². The molecule has 0 bridgehead atoms. The molecule has 2 rings (SSSR count). The van der Waals surface area contributed by atoms with Crippen molar-refractivity contribution in [3.05, 3.63) is 30.3 Å². The van der Waals surface area contributed by atoms with E-state index in [-0.39, 0.29) is 6.61 Å². The number of aliphatic hydroxyl groups is 1. The number of aromatic nitrogens is 1. The Balaban J connectivity index is 2.05. The van der Waals surface area contributed by atoms with E-state index in [4.69, 9.17) is 10.8 Å². The summed E-state index contributed by atoms with van der Waals surface area (Å²) in [7, 11) is 2.05. The molecule has 0 aliphatic heterocycles. The molecular formula is C15H21N3O. The summed E-state index contributed by atoms with van der Waals surface area (Å²) in [4.78, 5) is 6.78. The summed E-state index contributed by atoms with van der Waals surface area (Å²) in [6.07, 6.45) is 2.99. The van der Waals surface area contributed by atoms with Crippen LogP contribution in [0.3, 0.4) is 0 Å². The maximum Gasteiger partial charge on any atom is 0.128 e. The molecule has 4 nitrogen and oxygen atoms in total. The van der Waals surface area contributed by atoms with E-state index in [1.165, 1.54) is 0 Å². The van der Waals surface area contributed by atoms with Gasteiger partial charge in [-0.2, -0.15) is 0 Å². The summed E-state index contributed by atoms with van der Waals surface area (Å²) in [6, 6.07) is 9.84. The third-order valence-electron chi connectivity index (χ3n) is 3.24. The van der Waals surface area contributed by atoms with Gasteiger partial charge in [-0.05, 0) is 49.6 Å². The molecule has 4 heteroatoms. The van der Waals surface area contributed by atoms with Crippen LogP contribution >= 0.6 is 0 Å². The van der Waals surface area contributed by atoms with Crippen LogP contribution in [0.5, 0.6) is 0 Å². The highest BCUT2D eigenvalue weighted by atomic mass is 16.2. The number of unbranched alkanes of at least 4 members (excludes halogenated alkanes) is 2. The van der Waals surface area contributed by atoms with Gasteiger partial charge in [0.05, 0.1) is 5.52 Å². The molecule has 2 aromatic rings. The number of nitrogens with zero attached hydrogens (tertiary/aromatic N) is 2. The molecular weight excluding hydrogens is 238 g/mol. The number of nitrogen functional groups attached to an aromatic ring is 1. The van der Waals surface area contributed by atoms with E-state index in [1.807, 2.05) is 31.3 Å². The first-order valence-corrected chi connectivity index (χ1v) is 6.69. The second kappa shape index (κ2) is 6.38. The third-order valence-corrected chi connectivity index (χ3v) is 3.24. The number of anilines is 2. The van der Waals surface area contributed by atoms with Gasteiger partial charge < -0.3 is 15.7 Å². The zero-order chi connectivity index (χ0) is 13.7. The Morgan fingerprint density at radius 1 is 1.16 bits per heavy atom. The van der Waals surface area contributed by atoms with Gasteiger partial charge in [-0.1, -0.05) is 0 Å². The SMILES string of the molecule is CN(CCCCCO)c1ccc2cc(N)ccc2n1. The zero-order valence-corrected chi connectivity index (χ0v) is 11.3. The molecule has 0 saturated carbocycles. The maximum absolute atomic E-state index is 8.75. The first-order chi connectivity index (χ1) is 9.20. The van der Waals surface area contributed by atoms with Crippen LogP contribution in [0, 0.1) is 0 Å². The van der Waals surface area contributed by atoms with Crippen molar-refractivity contribution in [3.8, 4) is 0 Å². The van der Waals surface area contributed by atoms with E-state index in [9.17, 15) is 0 Å². The summed E-state index contributed by atoms with van der Waals surface area (Å²) < 4.78 is 0. The molecule has 1 aromatic heterocycles. The van der Waals surface area contributed by atoms with Gasteiger partial charge in [-0.3, -0.25) is 0 Å². The van der Waals surface area contributed by atoms with Crippen molar-refractivity contribution < 1.29 is 5.11 Å². The van der Waals surface area contributed by atoms with E-state index >= 15 is 0 Å². The lowest BCUT2D eigenvalue weighted by Crippen LogP contribution is -2.19. The summed E-state index contributed by atoms with van der Waals surface area (Å²) in [5.74, 6) is 0.973. The minimum Gasteiger partial charge on any atom is -0.399 e. The molecule has 1 aromatic carbocycles. The Morgan fingerprint density at radius 2 is 2.00 bits per heavy atom. The summed E-state index contributed by atoms with van der Waals surface area (Å²) >= 11 is 0. The minimum atomic E-state index is 0.277. The third kappa shape index (κ3) is 3.58. The standard InChI is InChI=1S/C15H21N3O/c1-18(9-3-2-4-10-19)15-8-5-12-11-13(16)6-7-14(12)17-15/h5-8,11,19H,2-4,9-10,16H2,1H3. The first kappa shape index (κ1) is 13.6. The number of fused-ring (bicyclic) bond motifs is 1. The number of pyridine rings is 1. The molecule has 0 spiro atoms. The zero-order valence-electron chi connectivity index (χ0n) is 11.3. The molecule has 0 aliphatic rings. The number of nitrogens with two attached hydrogens (primary N) is 1. The number of hydrogen-bond donors (Lipinski definition) is 2. The van der Waals surface area contributed by atoms with E-state index < -0.39 is 0 Å². The predicted octanol–water partition coefficient (Wildman–Crippen LogP) is 2.42. The number of benzene rings is 1. The van der Waals surface area contributed by atoms with Crippen molar-refractivity contribution in [1.29, 1.82) is 0 Å². The Kier molecular flexibility index (Phi) is 4.58. The fraction of sp³-hybridized carbons (Fsp3) is 0.400. The fourth-order valence-electron chi connectivity index (χ4n) is 2.10.